The first-order chi connectivity index (χ1) is 8.99. The van der Waals surface area contributed by atoms with Gasteiger partial charge in [-0.25, -0.2) is 0 Å². The lowest BCUT2D eigenvalue weighted by Crippen LogP contribution is -2.09. The van der Waals surface area contributed by atoms with Crippen molar-refractivity contribution in [1.29, 1.82) is 0 Å². The number of hydrogen-bond donors (Lipinski definition) is 1. The number of nitrogens with two attached hydrogens (primary N) is 1. The second kappa shape index (κ2) is 5.05. The van der Waals surface area contributed by atoms with E-state index in [9.17, 15) is 4.79 Å². The van der Waals surface area contributed by atoms with Crippen LogP contribution < -0.4 is 10.7 Å². The van der Waals surface area contributed by atoms with Crippen molar-refractivity contribution in [1.82, 2.24) is 0 Å². The van der Waals surface area contributed by atoms with E-state index < -0.39 is 0 Å². The van der Waals surface area contributed by atoms with Gasteiger partial charge in [0, 0.05) is 12.3 Å². The van der Waals surface area contributed by atoms with Crippen molar-refractivity contribution in [2.24, 2.45) is 11.8 Å². The average Bonchev–Trinajstić information content (AvgIpc) is 2.65. The molecule has 0 amide bonds. The molecule has 0 radical (unpaired) electrons. The average molecular weight is 261 g/mol. The van der Waals surface area contributed by atoms with Gasteiger partial charge in [-0.3, -0.25) is 4.79 Å². The Hall–Kier alpha value is -1.81. The number of ketones is 1. The van der Waals surface area contributed by atoms with Gasteiger partial charge in [0.2, 0.25) is 0 Å². The molecule has 4 nitrogen and oxygen atoms in total. The van der Waals surface area contributed by atoms with Gasteiger partial charge < -0.3 is 9.57 Å². The lowest BCUT2D eigenvalue weighted by Gasteiger charge is -2.13. The molecule has 1 aromatic rings. The molecule has 0 aliphatic heterocycles. The fourth-order valence-electron chi connectivity index (χ4n) is 2.69. The van der Waals surface area contributed by atoms with E-state index in [1.54, 1.807) is 7.11 Å². The maximum Gasteiger partial charge on any atom is 0.170 e. The maximum atomic E-state index is 12.3. The molecule has 0 fully saturated rings. The van der Waals surface area contributed by atoms with Crippen LogP contribution in [-0.2, 0) is 9.53 Å². The van der Waals surface area contributed by atoms with Crippen molar-refractivity contribution in [2.75, 3.05) is 7.11 Å². The number of hydrogen-bond acceptors (Lipinski definition) is 4. The quantitative estimate of drug-likeness (QED) is 0.849. The minimum Gasteiger partial charge on any atom is -0.500 e. The summed E-state index contributed by atoms with van der Waals surface area (Å²) >= 11 is 0. The predicted molar refractivity (Wildman–Crippen MR) is 73.4 cm³/mol. The lowest BCUT2D eigenvalue weighted by atomic mass is 9.92. The third kappa shape index (κ3) is 2.24. The summed E-state index contributed by atoms with van der Waals surface area (Å²) in [5.41, 5.74) is 3.57. The van der Waals surface area contributed by atoms with Gasteiger partial charge in [0.15, 0.2) is 5.78 Å². The molecule has 0 saturated carbocycles. The van der Waals surface area contributed by atoms with Gasteiger partial charge in [0.05, 0.1) is 12.7 Å². The van der Waals surface area contributed by atoms with Gasteiger partial charge in [-0.15, -0.1) is 0 Å². The van der Waals surface area contributed by atoms with Crippen molar-refractivity contribution in [3.8, 4) is 5.75 Å². The van der Waals surface area contributed by atoms with Crippen molar-refractivity contribution < 1.29 is 14.4 Å². The van der Waals surface area contributed by atoms with E-state index >= 15 is 0 Å². The Labute approximate surface area is 113 Å². The van der Waals surface area contributed by atoms with Gasteiger partial charge in [-0.05, 0) is 42.7 Å². The smallest absolute Gasteiger partial charge is 0.170 e. The van der Waals surface area contributed by atoms with Gasteiger partial charge in [0.25, 0.3) is 0 Å². The molecule has 2 N–H and O–H groups in total. The van der Waals surface area contributed by atoms with Crippen LogP contribution in [0.25, 0.3) is 5.57 Å². The first-order valence-electron chi connectivity index (χ1n) is 6.29. The van der Waals surface area contributed by atoms with E-state index in [-0.39, 0.29) is 11.7 Å². The van der Waals surface area contributed by atoms with E-state index in [0.717, 1.165) is 22.4 Å². The zero-order valence-electron chi connectivity index (χ0n) is 11.7. The van der Waals surface area contributed by atoms with Crippen LogP contribution in [0.2, 0.25) is 0 Å². The summed E-state index contributed by atoms with van der Waals surface area (Å²) < 4.78 is 5.39. The number of ether oxygens (including phenoxy) is 1. The molecule has 1 aromatic carbocycles. The SMILES string of the molecule is COC1=C(c2c(C)cc(ON)cc2C)C(=O)C(C)C1. The van der Waals surface area contributed by atoms with E-state index in [1.807, 2.05) is 32.9 Å². The molecule has 102 valence electrons. The van der Waals surface area contributed by atoms with E-state index in [0.29, 0.717) is 17.7 Å². The van der Waals surface area contributed by atoms with Gasteiger partial charge >= 0.3 is 0 Å². The first-order valence-corrected chi connectivity index (χ1v) is 6.29. The largest absolute Gasteiger partial charge is 0.500 e. The Morgan fingerprint density at radius 2 is 1.84 bits per heavy atom. The summed E-state index contributed by atoms with van der Waals surface area (Å²) in [6.45, 7) is 5.82. The lowest BCUT2D eigenvalue weighted by molar-refractivity contribution is -0.116. The molecule has 0 bridgehead atoms. The number of aryl methyl sites for hydroxylation is 2. The highest BCUT2D eigenvalue weighted by Crippen LogP contribution is 2.38. The highest BCUT2D eigenvalue weighted by atomic mass is 16.6. The fourth-order valence-corrected chi connectivity index (χ4v) is 2.69. The molecule has 0 aromatic heterocycles. The van der Waals surface area contributed by atoms with Crippen LogP contribution in [0, 0.1) is 19.8 Å². The second-order valence-corrected chi connectivity index (χ2v) is 5.02. The van der Waals surface area contributed by atoms with Crippen LogP contribution in [0.1, 0.15) is 30.0 Å². The number of carbonyl (C=O) groups excluding carboxylic acids is 1. The van der Waals surface area contributed by atoms with Crippen molar-refractivity contribution >= 4 is 11.4 Å². The maximum absolute atomic E-state index is 12.3. The molecular weight excluding hydrogens is 242 g/mol. The number of Topliss-reactive ketones (excluding diaryl/α,β-unsaturated/α-hetero) is 1. The third-order valence-electron chi connectivity index (χ3n) is 3.60. The normalized spacial score (nSPS) is 19.0. The predicted octanol–water partition coefficient (Wildman–Crippen LogP) is 2.52. The monoisotopic (exact) mass is 261 g/mol. The molecule has 0 heterocycles. The summed E-state index contributed by atoms with van der Waals surface area (Å²) in [7, 11) is 1.61. The standard InChI is InChI=1S/C15H19NO3/c1-8-5-11(19-16)6-9(2)13(8)14-12(18-4)7-10(3)15(14)17/h5-6,10H,7,16H2,1-4H3. The zero-order chi connectivity index (χ0) is 14.2. The van der Waals surface area contributed by atoms with Crippen LogP contribution in [0.4, 0.5) is 0 Å². The highest BCUT2D eigenvalue weighted by Gasteiger charge is 2.33. The van der Waals surface area contributed by atoms with Gasteiger partial charge in [-0.1, -0.05) is 6.92 Å². The van der Waals surface area contributed by atoms with Crippen LogP contribution in [0.15, 0.2) is 17.9 Å². The Morgan fingerprint density at radius 3 is 2.32 bits per heavy atom. The Morgan fingerprint density at radius 1 is 1.26 bits per heavy atom. The molecule has 1 aliphatic rings. The Kier molecular flexibility index (Phi) is 3.62. The topological polar surface area (TPSA) is 61.6 Å². The Bertz CT molecular complexity index is 538. The van der Waals surface area contributed by atoms with Crippen molar-refractivity contribution in [3.05, 3.63) is 34.6 Å². The molecule has 1 aliphatic carbocycles. The third-order valence-corrected chi connectivity index (χ3v) is 3.60. The number of allylic oxidation sites excluding steroid dienone is 2. The van der Waals surface area contributed by atoms with E-state index in [1.165, 1.54) is 0 Å². The molecular formula is C15H19NO3. The van der Waals surface area contributed by atoms with Crippen molar-refractivity contribution in [2.45, 2.75) is 27.2 Å². The van der Waals surface area contributed by atoms with E-state index in [4.69, 9.17) is 15.5 Å². The first kappa shape index (κ1) is 13.6. The minimum absolute atomic E-state index is 0.0193. The summed E-state index contributed by atoms with van der Waals surface area (Å²) in [6.07, 6.45) is 0.665. The van der Waals surface area contributed by atoms with E-state index in [2.05, 4.69) is 0 Å². The van der Waals surface area contributed by atoms with Crippen LogP contribution in [0.5, 0.6) is 5.75 Å². The summed E-state index contributed by atoms with van der Waals surface area (Å²) in [5, 5.41) is 0. The molecule has 2 rings (SSSR count). The molecule has 4 heteroatoms. The number of methoxy groups -OCH3 is 1. The van der Waals surface area contributed by atoms with Gasteiger partial charge in [-0.2, -0.15) is 5.90 Å². The summed E-state index contributed by atoms with van der Waals surface area (Å²) in [6, 6.07) is 3.66. The van der Waals surface area contributed by atoms with Gasteiger partial charge in [0.1, 0.15) is 11.5 Å². The zero-order valence-corrected chi connectivity index (χ0v) is 11.7. The molecule has 0 saturated heterocycles. The number of benzene rings is 1. The second-order valence-electron chi connectivity index (χ2n) is 5.02. The molecule has 1 unspecified atom stereocenters. The number of carbonyl (C=O) groups is 1. The van der Waals surface area contributed by atoms with Crippen LogP contribution in [0.3, 0.4) is 0 Å². The van der Waals surface area contributed by atoms with Crippen LogP contribution >= 0.6 is 0 Å². The molecule has 19 heavy (non-hydrogen) atoms. The minimum atomic E-state index is -0.0193. The summed E-state index contributed by atoms with van der Waals surface area (Å²) in [4.78, 5) is 17.1. The fraction of sp³-hybridized carbons (Fsp3) is 0.400. The number of rotatable bonds is 3. The highest BCUT2D eigenvalue weighted by molar-refractivity contribution is 6.25. The summed E-state index contributed by atoms with van der Waals surface area (Å²) in [5.74, 6) is 6.68. The Balaban J connectivity index is 2.61. The molecule has 0 spiro atoms. The van der Waals surface area contributed by atoms with Crippen molar-refractivity contribution in [3.63, 3.8) is 0 Å². The van der Waals surface area contributed by atoms with Crippen LogP contribution in [-0.4, -0.2) is 12.9 Å². The molecule has 1 atom stereocenters.